The minimum Gasteiger partial charge on any atom is -0.495 e. The van der Waals surface area contributed by atoms with Crippen LogP contribution >= 0.6 is 11.3 Å². The molecule has 0 saturated heterocycles. The monoisotopic (exact) mass is 290 g/mol. The normalized spacial score (nSPS) is 10.3. The fourth-order valence-corrected chi connectivity index (χ4v) is 2.65. The van der Waals surface area contributed by atoms with Crippen LogP contribution in [0, 0.1) is 0 Å². The van der Waals surface area contributed by atoms with Crippen LogP contribution in [0.2, 0.25) is 0 Å². The zero-order chi connectivity index (χ0) is 14.5. The van der Waals surface area contributed by atoms with Gasteiger partial charge in [-0.2, -0.15) is 0 Å². The molecule has 0 spiro atoms. The molecule has 0 bridgehead atoms. The van der Waals surface area contributed by atoms with E-state index < -0.39 is 0 Å². The van der Waals surface area contributed by atoms with E-state index in [2.05, 4.69) is 6.07 Å². The van der Waals surface area contributed by atoms with Gasteiger partial charge in [0.1, 0.15) is 5.75 Å². The van der Waals surface area contributed by atoms with Gasteiger partial charge >= 0.3 is 0 Å². The van der Waals surface area contributed by atoms with E-state index >= 15 is 0 Å². The van der Waals surface area contributed by atoms with Gasteiger partial charge in [0.15, 0.2) is 0 Å². The number of methoxy groups -OCH3 is 1. The van der Waals surface area contributed by atoms with Crippen LogP contribution in [0.25, 0.3) is 0 Å². The number of para-hydroxylation sites is 1. The van der Waals surface area contributed by atoms with Crippen LogP contribution < -0.4 is 10.5 Å². The van der Waals surface area contributed by atoms with Crippen molar-refractivity contribution in [1.82, 2.24) is 4.90 Å². The molecule has 0 radical (unpaired) electrons. The van der Waals surface area contributed by atoms with Crippen molar-refractivity contribution < 1.29 is 9.53 Å². The molecule has 1 aromatic heterocycles. The molecule has 0 aliphatic carbocycles. The fourth-order valence-electron chi connectivity index (χ4n) is 1.95. The second-order valence-corrected chi connectivity index (χ2v) is 5.51. The standard InChI is InChI=1S/C15H18N2O2S/c1-17(9-8-11-5-4-10-20-11)15(18)12-6-3-7-13(19-2)14(12)16/h3-7,10H,8-9,16H2,1-2H3. The highest BCUT2D eigenvalue weighted by atomic mass is 32.1. The smallest absolute Gasteiger partial charge is 0.255 e. The predicted molar refractivity (Wildman–Crippen MR) is 82.4 cm³/mol. The molecule has 0 aliphatic rings. The average molecular weight is 290 g/mol. The summed E-state index contributed by atoms with van der Waals surface area (Å²) in [6.45, 7) is 0.663. The number of anilines is 1. The van der Waals surface area contributed by atoms with Gasteiger partial charge in [-0.25, -0.2) is 0 Å². The van der Waals surface area contributed by atoms with Crippen LogP contribution in [0.3, 0.4) is 0 Å². The lowest BCUT2D eigenvalue weighted by Crippen LogP contribution is -2.29. The van der Waals surface area contributed by atoms with Gasteiger partial charge in [0.25, 0.3) is 5.91 Å². The van der Waals surface area contributed by atoms with E-state index in [1.54, 1.807) is 48.6 Å². The molecule has 1 aromatic carbocycles. The van der Waals surface area contributed by atoms with Crippen molar-refractivity contribution in [2.45, 2.75) is 6.42 Å². The summed E-state index contributed by atoms with van der Waals surface area (Å²) >= 11 is 1.70. The van der Waals surface area contributed by atoms with Crippen molar-refractivity contribution in [3.63, 3.8) is 0 Å². The van der Waals surface area contributed by atoms with Crippen molar-refractivity contribution in [3.8, 4) is 5.75 Å². The maximum atomic E-state index is 12.4. The third-order valence-electron chi connectivity index (χ3n) is 3.14. The third-order valence-corrected chi connectivity index (χ3v) is 4.07. The number of carbonyl (C=O) groups is 1. The van der Waals surface area contributed by atoms with E-state index in [4.69, 9.17) is 10.5 Å². The number of hydrogen-bond acceptors (Lipinski definition) is 4. The highest BCUT2D eigenvalue weighted by molar-refractivity contribution is 7.09. The third kappa shape index (κ3) is 3.11. The second kappa shape index (κ2) is 6.43. The van der Waals surface area contributed by atoms with E-state index in [9.17, 15) is 4.79 Å². The molecule has 4 nitrogen and oxygen atoms in total. The zero-order valence-electron chi connectivity index (χ0n) is 11.6. The Balaban J connectivity index is 2.06. The molecule has 1 heterocycles. The lowest BCUT2D eigenvalue weighted by molar-refractivity contribution is 0.0797. The van der Waals surface area contributed by atoms with Crippen molar-refractivity contribution in [2.75, 3.05) is 26.4 Å². The quantitative estimate of drug-likeness (QED) is 0.861. The van der Waals surface area contributed by atoms with E-state index in [0.29, 0.717) is 23.5 Å². The molecule has 1 amide bonds. The first-order chi connectivity index (χ1) is 9.63. The van der Waals surface area contributed by atoms with E-state index in [1.165, 1.54) is 4.88 Å². The number of amides is 1. The number of hydrogen-bond donors (Lipinski definition) is 1. The van der Waals surface area contributed by atoms with Crippen LogP contribution in [0.5, 0.6) is 5.75 Å². The summed E-state index contributed by atoms with van der Waals surface area (Å²) in [6.07, 6.45) is 0.851. The van der Waals surface area contributed by atoms with Gasteiger partial charge in [0.05, 0.1) is 18.4 Å². The van der Waals surface area contributed by atoms with Crippen LogP contribution in [-0.4, -0.2) is 31.5 Å². The number of ether oxygens (including phenoxy) is 1. The lowest BCUT2D eigenvalue weighted by atomic mass is 10.1. The molecule has 0 saturated carbocycles. The summed E-state index contributed by atoms with van der Waals surface area (Å²) in [7, 11) is 3.33. The number of rotatable bonds is 5. The minimum atomic E-state index is -0.0852. The van der Waals surface area contributed by atoms with E-state index in [-0.39, 0.29) is 5.91 Å². The molecule has 0 atom stereocenters. The molecule has 20 heavy (non-hydrogen) atoms. The molecular weight excluding hydrogens is 272 g/mol. The Hall–Kier alpha value is -2.01. The highest BCUT2D eigenvalue weighted by Gasteiger charge is 2.16. The van der Waals surface area contributed by atoms with Gasteiger partial charge < -0.3 is 15.4 Å². The van der Waals surface area contributed by atoms with Gasteiger partial charge in [-0.1, -0.05) is 12.1 Å². The number of likely N-dealkylation sites (N-methyl/N-ethyl adjacent to an activating group) is 1. The van der Waals surface area contributed by atoms with E-state index in [0.717, 1.165) is 6.42 Å². The Morgan fingerprint density at radius 3 is 2.80 bits per heavy atom. The molecule has 2 rings (SSSR count). The topological polar surface area (TPSA) is 55.6 Å². The van der Waals surface area contributed by atoms with E-state index in [1.807, 2.05) is 11.4 Å². The molecule has 2 aromatic rings. The first-order valence-corrected chi connectivity index (χ1v) is 7.21. The molecule has 106 valence electrons. The van der Waals surface area contributed by atoms with Gasteiger partial charge in [0, 0.05) is 18.5 Å². The first kappa shape index (κ1) is 14.4. The van der Waals surface area contributed by atoms with Crippen molar-refractivity contribution in [3.05, 3.63) is 46.2 Å². The van der Waals surface area contributed by atoms with Crippen molar-refractivity contribution >= 4 is 22.9 Å². The van der Waals surface area contributed by atoms with Crippen molar-refractivity contribution in [1.29, 1.82) is 0 Å². The molecule has 0 fully saturated rings. The summed E-state index contributed by atoms with van der Waals surface area (Å²) in [4.78, 5) is 15.3. The number of nitrogen functional groups attached to an aromatic ring is 1. The Kier molecular flexibility index (Phi) is 4.63. The maximum absolute atomic E-state index is 12.4. The molecule has 0 aliphatic heterocycles. The first-order valence-electron chi connectivity index (χ1n) is 6.33. The number of thiophene rings is 1. The maximum Gasteiger partial charge on any atom is 0.255 e. The number of nitrogens with two attached hydrogens (primary N) is 1. The van der Waals surface area contributed by atoms with Crippen LogP contribution in [0.1, 0.15) is 15.2 Å². The van der Waals surface area contributed by atoms with Gasteiger partial charge in [-0.15, -0.1) is 11.3 Å². The minimum absolute atomic E-state index is 0.0852. The Morgan fingerprint density at radius 1 is 1.35 bits per heavy atom. The second-order valence-electron chi connectivity index (χ2n) is 4.48. The van der Waals surface area contributed by atoms with Gasteiger partial charge in [-0.3, -0.25) is 4.79 Å². The van der Waals surface area contributed by atoms with Gasteiger partial charge in [-0.05, 0) is 30.0 Å². The van der Waals surface area contributed by atoms with Crippen LogP contribution in [0.4, 0.5) is 5.69 Å². The van der Waals surface area contributed by atoms with Crippen LogP contribution in [0.15, 0.2) is 35.7 Å². The van der Waals surface area contributed by atoms with Crippen molar-refractivity contribution in [2.24, 2.45) is 0 Å². The Labute approximate surface area is 122 Å². The lowest BCUT2D eigenvalue weighted by Gasteiger charge is -2.18. The molecular formula is C15H18N2O2S. The summed E-state index contributed by atoms with van der Waals surface area (Å²) in [5.41, 5.74) is 6.83. The highest BCUT2D eigenvalue weighted by Crippen LogP contribution is 2.25. The number of carbonyl (C=O) groups excluding carboxylic acids is 1. The SMILES string of the molecule is COc1cccc(C(=O)N(C)CCc2cccs2)c1N. The molecule has 0 unspecified atom stereocenters. The van der Waals surface area contributed by atoms with Gasteiger partial charge in [0.2, 0.25) is 0 Å². The Morgan fingerprint density at radius 2 is 2.15 bits per heavy atom. The summed E-state index contributed by atoms with van der Waals surface area (Å²) in [5.74, 6) is 0.445. The van der Waals surface area contributed by atoms with Crippen LogP contribution in [-0.2, 0) is 6.42 Å². The summed E-state index contributed by atoms with van der Waals surface area (Å²) < 4.78 is 5.14. The molecule has 5 heteroatoms. The fraction of sp³-hybridized carbons (Fsp3) is 0.267. The summed E-state index contributed by atoms with van der Waals surface area (Å²) in [6, 6.07) is 9.33. The Bertz CT molecular complexity index is 582. The molecule has 2 N–H and O–H groups in total. The predicted octanol–water partition coefficient (Wildman–Crippen LogP) is 2.65. The summed E-state index contributed by atoms with van der Waals surface area (Å²) in [5, 5.41) is 2.04. The number of nitrogens with zero attached hydrogens (tertiary/aromatic N) is 1. The zero-order valence-corrected chi connectivity index (χ0v) is 12.4. The average Bonchev–Trinajstić information content (AvgIpc) is 2.97. The largest absolute Gasteiger partial charge is 0.495 e. The number of benzene rings is 1.